The van der Waals surface area contributed by atoms with Crippen molar-refractivity contribution in [3.8, 4) is 22.4 Å². The summed E-state index contributed by atoms with van der Waals surface area (Å²) in [6, 6.07) is 12.7. The standard InChI is InChI=1S/C32H38N6O2/c1-20-14-24(15-23-10-11-25-18-36(4)12-13-38(25)29(20)23)27-17-34-30-28(35-27)26(16-33-30)21-6-8-22(9-7-21)31(39)37(5)19-32(2,3)40/h6-9,14-17,25,40H,10-13,18-19H2,1-5H3,(H,33,34)/t25-/m0/s1. The molecule has 2 aromatic carbocycles. The molecule has 0 aliphatic carbocycles. The molecule has 2 aliphatic rings. The van der Waals surface area contributed by atoms with E-state index >= 15 is 0 Å². The van der Waals surface area contributed by atoms with Crippen molar-refractivity contribution in [1.82, 2.24) is 24.8 Å². The number of aromatic nitrogens is 3. The zero-order valence-corrected chi connectivity index (χ0v) is 24.0. The largest absolute Gasteiger partial charge is 0.389 e. The molecule has 2 aliphatic heterocycles. The molecule has 0 unspecified atom stereocenters. The zero-order chi connectivity index (χ0) is 28.2. The highest BCUT2D eigenvalue weighted by Gasteiger charge is 2.32. The van der Waals surface area contributed by atoms with Gasteiger partial charge in [0, 0.05) is 67.8 Å². The molecule has 8 heteroatoms. The van der Waals surface area contributed by atoms with Crippen molar-refractivity contribution >= 4 is 22.8 Å². The fourth-order valence-corrected chi connectivity index (χ4v) is 6.39. The van der Waals surface area contributed by atoms with E-state index in [0.29, 0.717) is 11.6 Å². The Labute approximate surface area is 235 Å². The lowest BCUT2D eigenvalue weighted by Gasteiger charge is -2.46. The topological polar surface area (TPSA) is 88.6 Å². The first kappa shape index (κ1) is 26.5. The highest BCUT2D eigenvalue weighted by atomic mass is 16.3. The number of likely N-dealkylation sites (N-methyl/N-ethyl adjacent to an activating group) is 2. The van der Waals surface area contributed by atoms with Crippen LogP contribution in [0.3, 0.4) is 0 Å². The molecule has 1 saturated heterocycles. The minimum absolute atomic E-state index is 0.125. The summed E-state index contributed by atoms with van der Waals surface area (Å²) >= 11 is 0. The predicted octanol–water partition coefficient (Wildman–Crippen LogP) is 4.51. The van der Waals surface area contributed by atoms with Crippen LogP contribution in [0.2, 0.25) is 0 Å². The van der Waals surface area contributed by atoms with E-state index in [2.05, 4.69) is 40.9 Å². The van der Waals surface area contributed by atoms with E-state index in [4.69, 9.17) is 9.97 Å². The first-order valence-corrected chi connectivity index (χ1v) is 14.1. The van der Waals surface area contributed by atoms with Crippen LogP contribution >= 0.6 is 0 Å². The van der Waals surface area contributed by atoms with Crippen LogP contribution in [-0.2, 0) is 6.42 Å². The molecule has 4 heterocycles. The van der Waals surface area contributed by atoms with Crippen LogP contribution in [-0.4, -0.2) is 87.7 Å². The number of benzene rings is 2. The van der Waals surface area contributed by atoms with Gasteiger partial charge in [-0.15, -0.1) is 0 Å². The molecule has 1 fully saturated rings. The molecule has 0 saturated carbocycles. The Kier molecular flexibility index (Phi) is 6.63. The van der Waals surface area contributed by atoms with Crippen molar-refractivity contribution in [3.05, 3.63) is 65.5 Å². The van der Waals surface area contributed by atoms with Gasteiger partial charge in [-0.25, -0.2) is 9.97 Å². The molecular formula is C32H38N6O2. The molecule has 1 amide bonds. The van der Waals surface area contributed by atoms with E-state index in [1.165, 1.54) is 23.2 Å². The van der Waals surface area contributed by atoms with Crippen LogP contribution in [0.5, 0.6) is 0 Å². The Bertz CT molecular complexity index is 1570. The van der Waals surface area contributed by atoms with Crippen molar-refractivity contribution in [2.45, 2.75) is 45.3 Å². The summed E-state index contributed by atoms with van der Waals surface area (Å²) in [6.07, 6.45) is 6.04. The van der Waals surface area contributed by atoms with Gasteiger partial charge >= 0.3 is 0 Å². The quantitative estimate of drug-likeness (QED) is 0.389. The number of hydrogen-bond donors (Lipinski definition) is 2. The Balaban J connectivity index is 1.29. The zero-order valence-electron chi connectivity index (χ0n) is 24.0. The number of aromatic amines is 1. The molecule has 4 aromatic rings. The molecule has 6 rings (SSSR count). The van der Waals surface area contributed by atoms with Gasteiger partial charge in [-0.05, 0) is 81.6 Å². The molecule has 0 spiro atoms. The summed E-state index contributed by atoms with van der Waals surface area (Å²) in [5, 5.41) is 10.1. The van der Waals surface area contributed by atoms with E-state index in [0.717, 1.165) is 59.6 Å². The Morgan fingerprint density at radius 1 is 1.18 bits per heavy atom. The lowest BCUT2D eigenvalue weighted by Crippen LogP contribution is -2.54. The second-order valence-electron chi connectivity index (χ2n) is 12.2. The van der Waals surface area contributed by atoms with E-state index in [1.807, 2.05) is 36.7 Å². The van der Waals surface area contributed by atoms with E-state index in [-0.39, 0.29) is 12.5 Å². The maximum Gasteiger partial charge on any atom is 0.253 e. The minimum Gasteiger partial charge on any atom is -0.389 e. The third-order valence-electron chi connectivity index (χ3n) is 8.19. The predicted molar refractivity (Wildman–Crippen MR) is 160 cm³/mol. The number of rotatable bonds is 5. The van der Waals surface area contributed by atoms with Crippen LogP contribution in [0.4, 0.5) is 5.69 Å². The summed E-state index contributed by atoms with van der Waals surface area (Å²) in [5.74, 6) is -0.125. The second kappa shape index (κ2) is 10.0. The minimum atomic E-state index is -0.950. The molecular weight excluding hydrogens is 500 g/mol. The Morgan fingerprint density at radius 3 is 2.70 bits per heavy atom. The molecule has 0 bridgehead atoms. The fourth-order valence-electron chi connectivity index (χ4n) is 6.39. The maximum atomic E-state index is 12.8. The van der Waals surface area contributed by atoms with Crippen molar-refractivity contribution in [3.63, 3.8) is 0 Å². The van der Waals surface area contributed by atoms with Crippen molar-refractivity contribution in [1.29, 1.82) is 0 Å². The van der Waals surface area contributed by atoms with Crippen LogP contribution in [0.1, 0.15) is 41.8 Å². The van der Waals surface area contributed by atoms with Gasteiger partial charge in [0.25, 0.3) is 5.91 Å². The number of anilines is 1. The molecule has 2 N–H and O–H groups in total. The monoisotopic (exact) mass is 538 g/mol. The highest BCUT2D eigenvalue weighted by molar-refractivity contribution is 5.96. The van der Waals surface area contributed by atoms with E-state index in [1.54, 1.807) is 25.8 Å². The molecule has 208 valence electrons. The lowest BCUT2D eigenvalue weighted by molar-refractivity contribution is 0.0368. The average Bonchev–Trinajstić information content (AvgIpc) is 3.34. The fraction of sp³-hybridized carbons (Fsp3) is 0.406. The van der Waals surface area contributed by atoms with Crippen LogP contribution in [0.25, 0.3) is 33.5 Å². The number of hydrogen-bond acceptors (Lipinski definition) is 6. The Morgan fingerprint density at radius 2 is 1.95 bits per heavy atom. The molecule has 1 atom stereocenters. The molecule has 0 radical (unpaired) electrons. The van der Waals surface area contributed by atoms with Gasteiger partial charge in [-0.2, -0.15) is 0 Å². The number of aryl methyl sites for hydroxylation is 2. The van der Waals surface area contributed by atoms with Gasteiger partial charge < -0.3 is 24.8 Å². The number of amides is 1. The lowest BCUT2D eigenvalue weighted by atomic mass is 9.89. The summed E-state index contributed by atoms with van der Waals surface area (Å²) < 4.78 is 0. The first-order chi connectivity index (χ1) is 19.1. The maximum absolute atomic E-state index is 12.8. The number of nitrogens with one attached hydrogen (secondary N) is 1. The Hall–Kier alpha value is -3.75. The first-order valence-electron chi connectivity index (χ1n) is 14.1. The highest BCUT2D eigenvalue weighted by Crippen LogP contribution is 2.38. The summed E-state index contributed by atoms with van der Waals surface area (Å²) in [5.41, 5.74) is 9.15. The molecule has 40 heavy (non-hydrogen) atoms. The number of nitrogens with zero attached hydrogens (tertiary/aromatic N) is 5. The van der Waals surface area contributed by atoms with Gasteiger partial charge in [0.05, 0.1) is 17.5 Å². The van der Waals surface area contributed by atoms with E-state index in [9.17, 15) is 9.90 Å². The van der Waals surface area contributed by atoms with Gasteiger partial charge in [0.1, 0.15) is 5.52 Å². The van der Waals surface area contributed by atoms with Crippen LogP contribution in [0.15, 0.2) is 48.8 Å². The number of carbonyl (C=O) groups excluding carboxylic acids is 1. The average molecular weight is 539 g/mol. The smallest absolute Gasteiger partial charge is 0.253 e. The second-order valence-corrected chi connectivity index (χ2v) is 12.2. The molecule has 2 aromatic heterocycles. The van der Waals surface area contributed by atoms with Gasteiger partial charge in [-0.3, -0.25) is 4.79 Å². The third-order valence-corrected chi connectivity index (χ3v) is 8.19. The number of fused-ring (bicyclic) bond motifs is 4. The number of H-pyrrole nitrogens is 1. The number of aliphatic hydroxyl groups is 1. The van der Waals surface area contributed by atoms with Crippen molar-refractivity contribution in [2.24, 2.45) is 0 Å². The van der Waals surface area contributed by atoms with Gasteiger partial charge in [-0.1, -0.05) is 12.1 Å². The van der Waals surface area contributed by atoms with Gasteiger partial charge in [0.2, 0.25) is 0 Å². The summed E-state index contributed by atoms with van der Waals surface area (Å²) in [4.78, 5) is 32.5. The number of piperazine rings is 1. The van der Waals surface area contributed by atoms with Crippen molar-refractivity contribution in [2.75, 3.05) is 45.2 Å². The molecule has 8 nitrogen and oxygen atoms in total. The third kappa shape index (κ3) is 4.97. The summed E-state index contributed by atoms with van der Waals surface area (Å²) in [6.45, 7) is 9.17. The normalized spacial score (nSPS) is 17.6. The summed E-state index contributed by atoms with van der Waals surface area (Å²) in [7, 11) is 3.93. The van der Waals surface area contributed by atoms with Gasteiger partial charge in [0.15, 0.2) is 5.65 Å². The van der Waals surface area contributed by atoms with E-state index < -0.39 is 5.60 Å². The SMILES string of the molecule is Cc1cc(-c2cnc3[nH]cc(-c4ccc(C(=O)N(C)CC(C)(C)O)cc4)c3n2)cc2c1N1CCN(C)C[C@@H]1CC2. The van der Waals surface area contributed by atoms with Crippen molar-refractivity contribution < 1.29 is 9.90 Å². The van der Waals surface area contributed by atoms with Crippen LogP contribution < -0.4 is 4.90 Å². The number of carbonyl (C=O) groups is 1. The van der Waals surface area contributed by atoms with Crippen LogP contribution in [0, 0.1) is 6.92 Å².